The number of rotatable bonds is 5. The summed E-state index contributed by atoms with van der Waals surface area (Å²) in [6.45, 7) is 0.893. The minimum atomic E-state index is -0.259. The summed E-state index contributed by atoms with van der Waals surface area (Å²) in [5.74, 6) is -0.259. The van der Waals surface area contributed by atoms with Crippen LogP contribution in [0.2, 0.25) is 0 Å². The Hall–Kier alpha value is -0.610. The molecule has 14 heavy (non-hydrogen) atoms. The van der Waals surface area contributed by atoms with E-state index in [0.29, 0.717) is 13.2 Å². The fraction of sp³-hybridized carbons (Fsp3) is 0.900. The van der Waals surface area contributed by atoms with E-state index in [2.05, 4.69) is 0 Å². The van der Waals surface area contributed by atoms with Gasteiger partial charge in [-0.2, -0.15) is 0 Å². The third kappa shape index (κ3) is 4.58. The zero-order valence-corrected chi connectivity index (χ0v) is 8.54. The summed E-state index contributed by atoms with van der Waals surface area (Å²) in [5.41, 5.74) is 5.22. The van der Waals surface area contributed by atoms with Crippen LogP contribution >= 0.6 is 0 Å². The van der Waals surface area contributed by atoms with E-state index >= 15 is 0 Å². The van der Waals surface area contributed by atoms with Crippen molar-refractivity contribution < 1.29 is 14.3 Å². The molecule has 1 aliphatic rings. The first kappa shape index (κ1) is 11.5. The maximum Gasteiger partial charge on any atom is 0.332 e. The van der Waals surface area contributed by atoms with Gasteiger partial charge in [-0.3, -0.25) is 0 Å². The fourth-order valence-electron chi connectivity index (χ4n) is 1.64. The first-order valence-electron chi connectivity index (χ1n) is 5.30. The van der Waals surface area contributed by atoms with Crippen molar-refractivity contribution in [1.82, 2.24) is 0 Å². The van der Waals surface area contributed by atoms with Crippen LogP contribution in [0.15, 0.2) is 0 Å². The molecular weight excluding hydrogens is 182 g/mol. The van der Waals surface area contributed by atoms with E-state index in [1.165, 1.54) is 19.3 Å². The molecule has 4 heteroatoms. The molecule has 1 saturated carbocycles. The van der Waals surface area contributed by atoms with Crippen molar-refractivity contribution in [3.05, 3.63) is 0 Å². The van der Waals surface area contributed by atoms with E-state index in [4.69, 9.17) is 15.2 Å². The molecule has 0 aromatic rings. The van der Waals surface area contributed by atoms with E-state index in [1.54, 1.807) is 0 Å². The second-order valence-corrected chi connectivity index (χ2v) is 3.59. The Morgan fingerprint density at radius 3 is 2.64 bits per heavy atom. The lowest BCUT2D eigenvalue weighted by Gasteiger charge is -2.21. The maximum absolute atomic E-state index is 11.2. The van der Waals surface area contributed by atoms with Gasteiger partial charge in [0.2, 0.25) is 0 Å². The molecule has 0 atom stereocenters. The van der Waals surface area contributed by atoms with Gasteiger partial charge in [0, 0.05) is 6.54 Å². The fourth-order valence-corrected chi connectivity index (χ4v) is 1.64. The lowest BCUT2D eigenvalue weighted by atomic mass is 9.98. The number of nitrogens with two attached hydrogens (primary N) is 1. The summed E-state index contributed by atoms with van der Waals surface area (Å²) in [4.78, 5) is 11.2. The lowest BCUT2D eigenvalue weighted by molar-refractivity contribution is -0.155. The Morgan fingerprint density at radius 1 is 1.29 bits per heavy atom. The molecule has 0 spiro atoms. The molecule has 0 heterocycles. The van der Waals surface area contributed by atoms with Gasteiger partial charge in [0.15, 0.2) is 0 Å². The summed E-state index contributed by atoms with van der Waals surface area (Å²) >= 11 is 0. The van der Waals surface area contributed by atoms with Gasteiger partial charge >= 0.3 is 5.97 Å². The minimum Gasteiger partial charge on any atom is -0.461 e. The van der Waals surface area contributed by atoms with Crippen molar-refractivity contribution in [1.29, 1.82) is 0 Å². The third-order valence-corrected chi connectivity index (χ3v) is 2.33. The number of carbonyl (C=O) groups excluding carboxylic acids is 1. The summed E-state index contributed by atoms with van der Waals surface area (Å²) in [6.07, 6.45) is 5.73. The summed E-state index contributed by atoms with van der Waals surface area (Å²) in [7, 11) is 0. The summed E-state index contributed by atoms with van der Waals surface area (Å²) in [6, 6.07) is 0. The van der Waals surface area contributed by atoms with Gasteiger partial charge in [0.25, 0.3) is 0 Å². The van der Waals surface area contributed by atoms with E-state index in [0.717, 1.165) is 12.8 Å². The second-order valence-electron chi connectivity index (χ2n) is 3.59. The Balaban J connectivity index is 2.06. The quantitative estimate of drug-likeness (QED) is 0.529. The molecular formula is C10H19NO3. The second kappa shape index (κ2) is 6.79. The average Bonchev–Trinajstić information content (AvgIpc) is 2.20. The first-order valence-corrected chi connectivity index (χ1v) is 5.30. The highest BCUT2D eigenvalue weighted by Crippen LogP contribution is 2.20. The summed E-state index contributed by atoms with van der Waals surface area (Å²) < 4.78 is 10.2. The van der Waals surface area contributed by atoms with Gasteiger partial charge in [-0.25, -0.2) is 4.79 Å². The molecule has 0 aromatic carbocycles. The topological polar surface area (TPSA) is 61.5 Å². The Labute approximate surface area is 84.7 Å². The smallest absolute Gasteiger partial charge is 0.332 e. The average molecular weight is 201 g/mol. The predicted octanol–water partition coefficient (Wildman–Crippen LogP) is 0.838. The van der Waals surface area contributed by atoms with Crippen LogP contribution in [0.25, 0.3) is 0 Å². The Bertz CT molecular complexity index is 167. The summed E-state index contributed by atoms with van der Waals surface area (Å²) in [5, 5.41) is 0. The molecule has 0 aliphatic heterocycles. The van der Waals surface area contributed by atoms with Crippen LogP contribution in [0.5, 0.6) is 0 Å². The van der Waals surface area contributed by atoms with Crippen LogP contribution in [0, 0.1) is 0 Å². The van der Waals surface area contributed by atoms with Gasteiger partial charge < -0.3 is 15.2 Å². The van der Waals surface area contributed by atoms with Crippen molar-refractivity contribution in [2.75, 3.05) is 19.8 Å². The molecule has 0 unspecified atom stereocenters. The molecule has 0 radical (unpaired) electrons. The molecule has 2 N–H and O–H groups in total. The highest BCUT2D eigenvalue weighted by Gasteiger charge is 2.17. The zero-order chi connectivity index (χ0) is 10.2. The minimum absolute atomic E-state index is 0.0354. The Morgan fingerprint density at radius 2 is 2.00 bits per heavy atom. The van der Waals surface area contributed by atoms with E-state index in [-0.39, 0.29) is 18.7 Å². The molecule has 0 aromatic heterocycles. The molecule has 1 fully saturated rings. The van der Waals surface area contributed by atoms with Crippen LogP contribution in [-0.4, -0.2) is 31.8 Å². The van der Waals surface area contributed by atoms with Crippen molar-refractivity contribution in [2.45, 2.75) is 38.2 Å². The van der Waals surface area contributed by atoms with Crippen LogP contribution < -0.4 is 5.73 Å². The number of ether oxygens (including phenoxy) is 2. The van der Waals surface area contributed by atoms with Crippen LogP contribution in [0.4, 0.5) is 0 Å². The van der Waals surface area contributed by atoms with Crippen LogP contribution in [0.3, 0.4) is 0 Å². The monoisotopic (exact) mass is 201 g/mol. The normalized spacial score (nSPS) is 18.1. The van der Waals surface area contributed by atoms with E-state index in [9.17, 15) is 4.79 Å². The maximum atomic E-state index is 11.2. The van der Waals surface area contributed by atoms with Crippen molar-refractivity contribution in [3.63, 3.8) is 0 Å². The van der Waals surface area contributed by atoms with Crippen molar-refractivity contribution >= 4 is 5.97 Å². The van der Waals surface area contributed by atoms with Gasteiger partial charge in [-0.05, 0) is 25.7 Å². The number of hydrogen-bond donors (Lipinski definition) is 1. The molecule has 1 rings (SSSR count). The SMILES string of the molecule is NCCOCC(=O)OC1CCCCC1. The predicted molar refractivity (Wildman–Crippen MR) is 52.8 cm³/mol. The Kier molecular flexibility index (Phi) is 5.56. The largest absolute Gasteiger partial charge is 0.461 e. The molecule has 4 nitrogen and oxygen atoms in total. The van der Waals surface area contributed by atoms with Crippen LogP contribution in [-0.2, 0) is 14.3 Å². The highest BCUT2D eigenvalue weighted by atomic mass is 16.6. The molecule has 1 aliphatic carbocycles. The van der Waals surface area contributed by atoms with E-state index < -0.39 is 0 Å². The van der Waals surface area contributed by atoms with Crippen molar-refractivity contribution in [2.24, 2.45) is 5.73 Å². The number of carbonyl (C=O) groups is 1. The first-order chi connectivity index (χ1) is 6.83. The van der Waals surface area contributed by atoms with Gasteiger partial charge in [-0.15, -0.1) is 0 Å². The molecule has 82 valence electrons. The van der Waals surface area contributed by atoms with Crippen LogP contribution in [0.1, 0.15) is 32.1 Å². The van der Waals surface area contributed by atoms with Gasteiger partial charge in [0.1, 0.15) is 12.7 Å². The zero-order valence-electron chi connectivity index (χ0n) is 8.54. The van der Waals surface area contributed by atoms with Gasteiger partial charge in [-0.1, -0.05) is 6.42 Å². The van der Waals surface area contributed by atoms with Gasteiger partial charge in [0.05, 0.1) is 6.61 Å². The van der Waals surface area contributed by atoms with Crippen molar-refractivity contribution in [3.8, 4) is 0 Å². The molecule has 0 amide bonds. The molecule has 0 bridgehead atoms. The third-order valence-electron chi connectivity index (χ3n) is 2.33. The standard InChI is InChI=1S/C10H19NO3/c11-6-7-13-8-10(12)14-9-4-2-1-3-5-9/h9H,1-8,11H2. The number of esters is 1. The number of hydrogen-bond acceptors (Lipinski definition) is 4. The highest BCUT2D eigenvalue weighted by molar-refractivity contribution is 5.70. The molecule has 0 saturated heterocycles. The van der Waals surface area contributed by atoms with E-state index in [1.807, 2.05) is 0 Å². The lowest BCUT2D eigenvalue weighted by Crippen LogP contribution is -2.24.